The van der Waals surface area contributed by atoms with Crippen LogP contribution >= 0.6 is 11.3 Å². The molecule has 0 aliphatic carbocycles. The highest BCUT2D eigenvalue weighted by Gasteiger charge is 2.30. The zero-order valence-corrected chi connectivity index (χ0v) is 14.9. The fraction of sp³-hybridized carbons (Fsp3) is 0.200. The van der Waals surface area contributed by atoms with E-state index in [1.807, 2.05) is 10.3 Å². The standard InChI is InChI=1S/C20H18N2O3S/c23-19(18-7-3-10-25-18)21-16-5-1-4-14(12-16)20(24)22-9-2-6-17(22)15-8-11-26-13-15/h1,3-5,7-8,10-13,17H,2,6,9H2,(H,21,23)/t17-/m0/s1. The highest BCUT2D eigenvalue weighted by molar-refractivity contribution is 7.08. The number of nitrogens with zero attached hydrogens (tertiary/aromatic N) is 1. The van der Waals surface area contributed by atoms with Gasteiger partial charge in [0, 0.05) is 17.8 Å². The predicted octanol–water partition coefficient (Wildman–Crippen LogP) is 4.57. The third-order valence-electron chi connectivity index (χ3n) is 4.55. The summed E-state index contributed by atoms with van der Waals surface area (Å²) >= 11 is 1.65. The van der Waals surface area contributed by atoms with Crippen molar-refractivity contribution in [1.29, 1.82) is 0 Å². The van der Waals surface area contributed by atoms with Crippen LogP contribution in [-0.4, -0.2) is 23.3 Å². The average Bonchev–Trinajstić information content (AvgIpc) is 3.43. The molecule has 1 aromatic carbocycles. The highest BCUT2D eigenvalue weighted by atomic mass is 32.1. The molecular weight excluding hydrogens is 348 g/mol. The monoisotopic (exact) mass is 366 g/mol. The molecule has 0 unspecified atom stereocenters. The molecule has 132 valence electrons. The predicted molar refractivity (Wildman–Crippen MR) is 100 cm³/mol. The van der Waals surface area contributed by atoms with Crippen LogP contribution in [0, 0.1) is 0 Å². The first-order valence-electron chi connectivity index (χ1n) is 8.50. The molecule has 0 bridgehead atoms. The molecule has 4 rings (SSSR count). The summed E-state index contributed by atoms with van der Waals surface area (Å²) in [5, 5.41) is 6.92. The molecular formula is C20H18N2O3S. The second-order valence-corrected chi connectivity index (χ2v) is 7.01. The molecule has 1 aliphatic heterocycles. The number of thiophene rings is 1. The van der Waals surface area contributed by atoms with E-state index >= 15 is 0 Å². The summed E-state index contributed by atoms with van der Waals surface area (Å²) in [6.45, 7) is 0.752. The van der Waals surface area contributed by atoms with Gasteiger partial charge in [0.15, 0.2) is 5.76 Å². The molecule has 0 spiro atoms. The minimum Gasteiger partial charge on any atom is -0.459 e. The first kappa shape index (κ1) is 16.6. The number of hydrogen-bond acceptors (Lipinski definition) is 4. The molecule has 0 radical (unpaired) electrons. The van der Waals surface area contributed by atoms with Crippen molar-refractivity contribution in [2.75, 3.05) is 11.9 Å². The molecule has 1 saturated heterocycles. The first-order chi connectivity index (χ1) is 12.7. The maximum Gasteiger partial charge on any atom is 0.291 e. The average molecular weight is 366 g/mol. The molecule has 3 aromatic rings. The molecule has 0 saturated carbocycles. The van der Waals surface area contributed by atoms with Crippen LogP contribution in [0.2, 0.25) is 0 Å². The maximum atomic E-state index is 13.0. The van der Waals surface area contributed by atoms with Gasteiger partial charge in [0.2, 0.25) is 0 Å². The number of furan rings is 1. The van der Waals surface area contributed by atoms with Crippen molar-refractivity contribution in [2.24, 2.45) is 0 Å². The van der Waals surface area contributed by atoms with Gasteiger partial charge in [0.25, 0.3) is 11.8 Å². The topological polar surface area (TPSA) is 62.6 Å². The van der Waals surface area contributed by atoms with Crippen molar-refractivity contribution in [2.45, 2.75) is 18.9 Å². The molecule has 5 nitrogen and oxygen atoms in total. The summed E-state index contributed by atoms with van der Waals surface area (Å²) < 4.78 is 5.10. The van der Waals surface area contributed by atoms with E-state index in [-0.39, 0.29) is 23.6 Å². The lowest BCUT2D eigenvalue weighted by Gasteiger charge is -2.24. The lowest BCUT2D eigenvalue weighted by Crippen LogP contribution is -2.30. The maximum absolute atomic E-state index is 13.0. The van der Waals surface area contributed by atoms with Crippen LogP contribution in [-0.2, 0) is 0 Å². The van der Waals surface area contributed by atoms with Crippen LogP contribution in [0.1, 0.15) is 45.4 Å². The van der Waals surface area contributed by atoms with E-state index in [2.05, 4.69) is 16.8 Å². The summed E-state index contributed by atoms with van der Waals surface area (Å²) in [4.78, 5) is 27.1. The van der Waals surface area contributed by atoms with Crippen LogP contribution in [0.4, 0.5) is 5.69 Å². The number of benzene rings is 1. The van der Waals surface area contributed by atoms with Crippen molar-refractivity contribution in [3.8, 4) is 0 Å². The number of likely N-dealkylation sites (tertiary alicyclic amines) is 1. The molecule has 1 atom stereocenters. The Balaban J connectivity index is 1.52. The van der Waals surface area contributed by atoms with Gasteiger partial charge >= 0.3 is 0 Å². The lowest BCUT2D eigenvalue weighted by atomic mass is 10.1. The number of rotatable bonds is 4. The van der Waals surface area contributed by atoms with Crippen molar-refractivity contribution >= 4 is 28.8 Å². The molecule has 2 amide bonds. The van der Waals surface area contributed by atoms with Crippen molar-refractivity contribution < 1.29 is 14.0 Å². The van der Waals surface area contributed by atoms with E-state index < -0.39 is 0 Å². The minimum absolute atomic E-state index is 0.00667. The molecule has 26 heavy (non-hydrogen) atoms. The summed E-state index contributed by atoms with van der Waals surface area (Å²) in [5.41, 5.74) is 2.34. The van der Waals surface area contributed by atoms with Crippen LogP contribution < -0.4 is 5.32 Å². The van der Waals surface area contributed by atoms with Gasteiger partial charge in [-0.25, -0.2) is 0 Å². The van der Waals surface area contributed by atoms with E-state index in [1.54, 1.807) is 47.7 Å². The van der Waals surface area contributed by atoms with E-state index in [0.29, 0.717) is 11.3 Å². The van der Waals surface area contributed by atoms with Crippen molar-refractivity contribution in [3.63, 3.8) is 0 Å². The van der Waals surface area contributed by atoms with E-state index in [1.165, 1.54) is 11.8 Å². The Kier molecular flexibility index (Phi) is 4.58. The van der Waals surface area contributed by atoms with Crippen molar-refractivity contribution in [3.05, 3.63) is 76.4 Å². The Hall–Kier alpha value is -2.86. The fourth-order valence-electron chi connectivity index (χ4n) is 3.32. The van der Waals surface area contributed by atoms with Crippen LogP contribution in [0.3, 0.4) is 0 Å². The highest BCUT2D eigenvalue weighted by Crippen LogP contribution is 2.34. The number of amides is 2. The molecule has 1 N–H and O–H groups in total. The first-order valence-corrected chi connectivity index (χ1v) is 9.44. The number of nitrogens with one attached hydrogen (secondary N) is 1. The Morgan fingerprint density at radius 1 is 1.19 bits per heavy atom. The Morgan fingerprint density at radius 3 is 2.88 bits per heavy atom. The third kappa shape index (κ3) is 3.28. The lowest BCUT2D eigenvalue weighted by molar-refractivity contribution is 0.0735. The number of carbonyl (C=O) groups is 2. The molecule has 3 heterocycles. The third-order valence-corrected chi connectivity index (χ3v) is 5.26. The Bertz CT molecular complexity index is 903. The summed E-state index contributed by atoms with van der Waals surface area (Å²) in [7, 11) is 0. The quantitative estimate of drug-likeness (QED) is 0.736. The number of hydrogen-bond donors (Lipinski definition) is 1. The smallest absolute Gasteiger partial charge is 0.291 e. The second kappa shape index (κ2) is 7.17. The van der Waals surface area contributed by atoms with Gasteiger partial charge in [-0.05, 0) is 65.6 Å². The molecule has 1 aliphatic rings. The second-order valence-electron chi connectivity index (χ2n) is 6.23. The minimum atomic E-state index is -0.336. The summed E-state index contributed by atoms with van der Waals surface area (Å²) in [5.74, 6) is -0.108. The van der Waals surface area contributed by atoms with Gasteiger partial charge in [-0.2, -0.15) is 11.3 Å². The fourth-order valence-corrected chi connectivity index (χ4v) is 4.02. The molecule has 6 heteroatoms. The van der Waals surface area contributed by atoms with Crippen molar-refractivity contribution in [1.82, 2.24) is 4.90 Å². The zero-order valence-electron chi connectivity index (χ0n) is 14.1. The largest absolute Gasteiger partial charge is 0.459 e. The molecule has 2 aromatic heterocycles. The Labute approximate surface area is 155 Å². The normalized spacial score (nSPS) is 16.6. The SMILES string of the molecule is O=C(Nc1cccc(C(=O)N2CCC[C@H]2c2ccsc2)c1)c1ccco1. The Morgan fingerprint density at radius 2 is 2.12 bits per heavy atom. The van der Waals surface area contributed by atoms with Gasteiger partial charge in [0.1, 0.15) is 0 Å². The van der Waals surface area contributed by atoms with Gasteiger partial charge in [-0.3, -0.25) is 9.59 Å². The van der Waals surface area contributed by atoms with Gasteiger partial charge in [0.05, 0.1) is 12.3 Å². The van der Waals surface area contributed by atoms with Crippen LogP contribution in [0.25, 0.3) is 0 Å². The molecule has 1 fully saturated rings. The van der Waals surface area contributed by atoms with E-state index in [4.69, 9.17) is 4.42 Å². The van der Waals surface area contributed by atoms with E-state index in [0.717, 1.165) is 19.4 Å². The number of anilines is 1. The van der Waals surface area contributed by atoms with Gasteiger partial charge < -0.3 is 14.6 Å². The van der Waals surface area contributed by atoms with E-state index in [9.17, 15) is 9.59 Å². The van der Waals surface area contributed by atoms with Crippen LogP contribution in [0.5, 0.6) is 0 Å². The summed E-state index contributed by atoms with van der Waals surface area (Å²) in [6, 6.07) is 12.5. The van der Waals surface area contributed by atoms with Gasteiger partial charge in [-0.1, -0.05) is 6.07 Å². The van der Waals surface area contributed by atoms with Gasteiger partial charge in [-0.15, -0.1) is 0 Å². The number of carbonyl (C=O) groups excluding carboxylic acids is 2. The summed E-state index contributed by atoms with van der Waals surface area (Å²) in [6.07, 6.45) is 3.44. The van der Waals surface area contributed by atoms with Crippen LogP contribution in [0.15, 0.2) is 63.9 Å². The zero-order chi connectivity index (χ0) is 17.9.